The maximum absolute atomic E-state index is 12.1. The molecule has 1 aromatic heterocycles. The van der Waals surface area contributed by atoms with Gasteiger partial charge in [0.1, 0.15) is 11.5 Å². The number of rotatable bonds is 3. The van der Waals surface area contributed by atoms with E-state index in [0.29, 0.717) is 12.1 Å². The highest BCUT2D eigenvalue weighted by molar-refractivity contribution is 7.80. The first-order valence-electron chi connectivity index (χ1n) is 5.66. The summed E-state index contributed by atoms with van der Waals surface area (Å²) in [6, 6.07) is 10.9. The number of hydrogen-bond acceptors (Lipinski definition) is 3. The summed E-state index contributed by atoms with van der Waals surface area (Å²) in [4.78, 5) is 14.6. The van der Waals surface area contributed by atoms with E-state index in [1.165, 1.54) is 0 Å². The first-order chi connectivity index (χ1) is 8.56. The largest absolute Gasteiger partial charge is 0.464 e. The van der Waals surface area contributed by atoms with E-state index < -0.39 is 0 Å². The van der Waals surface area contributed by atoms with Crippen molar-refractivity contribution >= 4 is 18.5 Å². The number of carbonyl (C=O) groups excluding carboxylic acids is 1. The molecule has 0 saturated carbocycles. The second-order valence-electron chi connectivity index (χ2n) is 4.22. The summed E-state index contributed by atoms with van der Waals surface area (Å²) in [7, 11) is 1.76. The van der Waals surface area contributed by atoms with E-state index in [1.807, 2.05) is 19.1 Å². The number of benzene rings is 1. The Kier molecular flexibility index (Phi) is 3.77. The van der Waals surface area contributed by atoms with E-state index in [-0.39, 0.29) is 5.91 Å². The third kappa shape index (κ3) is 2.96. The quantitative estimate of drug-likeness (QED) is 0.861. The van der Waals surface area contributed by atoms with Crippen molar-refractivity contribution in [3.63, 3.8) is 0 Å². The number of furan rings is 1. The Balaban J connectivity index is 2.07. The standard InChI is InChI=1S/C14H15NO2S/c1-10-3-6-12(17-10)9-15(2)14(16)11-4-7-13(18)8-5-11/h3-8,18H,9H2,1-2H3. The second kappa shape index (κ2) is 5.31. The van der Waals surface area contributed by atoms with Crippen LogP contribution in [-0.4, -0.2) is 17.9 Å². The molecule has 0 aliphatic heterocycles. The van der Waals surface area contributed by atoms with Crippen LogP contribution in [0.4, 0.5) is 0 Å². The molecule has 1 aromatic carbocycles. The molecule has 0 aliphatic rings. The fourth-order valence-electron chi connectivity index (χ4n) is 1.70. The summed E-state index contributed by atoms with van der Waals surface area (Å²) in [5.74, 6) is 1.61. The Bertz CT molecular complexity index is 545. The third-order valence-corrected chi connectivity index (χ3v) is 2.95. The highest BCUT2D eigenvalue weighted by Gasteiger charge is 2.13. The van der Waals surface area contributed by atoms with Crippen LogP contribution in [0.2, 0.25) is 0 Å². The Morgan fingerprint density at radius 2 is 1.89 bits per heavy atom. The van der Waals surface area contributed by atoms with Gasteiger partial charge in [-0.25, -0.2) is 0 Å². The van der Waals surface area contributed by atoms with Crippen LogP contribution in [0.15, 0.2) is 45.7 Å². The molecular weight excluding hydrogens is 246 g/mol. The van der Waals surface area contributed by atoms with Crippen LogP contribution in [0.5, 0.6) is 0 Å². The third-order valence-electron chi connectivity index (χ3n) is 2.65. The average Bonchev–Trinajstić information content (AvgIpc) is 2.75. The van der Waals surface area contributed by atoms with Gasteiger partial charge in [0.05, 0.1) is 6.54 Å². The molecule has 0 bridgehead atoms. The molecule has 4 heteroatoms. The summed E-state index contributed by atoms with van der Waals surface area (Å²) >= 11 is 4.19. The molecule has 0 unspecified atom stereocenters. The van der Waals surface area contributed by atoms with Crippen molar-refractivity contribution in [1.29, 1.82) is 0 Å². The molecule has 94 valence electrons. The number of amides is 1. The zero-order valence-corrected chi connectivity index (χ0v) is 11.3. The molecule has 0 atom stereocenters. The van der Waals surface area contributed by atoms with Crippen molar-refractivity contribution in [3.8, 4) is 0 Å². The van der Waals surface area contributed by atoms with Gasteiger partial charge >= 0.3 is 0 Å². The number of hydrogen-bond donors (Lipinski definition) is 1. The van der Waals surface area contributed by atoms with Gasteiger partial charge in [0.2, 0.25) is 0 Å². The van der Waals surface area contributed by atoms with Crippen molar-refractivity contribution in [1.82, 2.24) is 4.90 Å². The van der Waals surface area contributed by atoms with Crippen molar-refractivity contribution in [2.75, 3.05) is 7.05 Å². The van der Waals surface area contributed by atoms with Crippen molar-refractivity contribution in [2.45, 2.75) is 18.4 Å². The molecule has 0 aliphatic carbocycles. The van der Waals surface area contributed by atoms with Gasteiger partial charge in [-0.2, -0.15) is 0 Å². The molecule has 1 amide bonds. The first kappa shape index (κ1) is 12.8. The molecule has 0 fully saturated rings. The van der Waals surface area contributed by atoms with Crippen LogP contribution >= 0.6 is 12.6 Å². The van der Waals surface area contributed by atoms with Gasteiger partial charge in [-0.3, -0.25) is 4.79 Å². The number of nitrogens with zero attached hydrogens (tertiary/aromatic N) is 1. The SMILES string of the molecule is Cc1ccc(CN(C)C(=O)c2ccc(S)cc2)o1. The lowest BCUT2D eigenvalue weighted by atomic mass is 10.2. The highest BCUT2D eigenvalue weighted by atomic mass is 32.1. The number of aryl methyl sites for hydroxylation is 1. The summed E-state index contributed by atoms with van der Waals surface area (Å²) < 4.78 is 5.45. The van der Waals surface area contributed by atoms with Crippen LogP contribution in [0.1, 0.15) is 21.9 Å². The topological polar surface area (TPSA) is 33.5 Å². The number of carbonyl (C=O) groups is 1. The normalized spacial score (nSPS) is 10.4. The molecule has 0 saturated heterocycles. The van der Waals surface area contributed by atoms with Crippen LogP contribution in [-0.2, 0) is 6.54 Å². The van der Waals surface area contributed by atoms with Gasteiger partial charge in [0.25, 0.3) is 5.91 Å². The van der Waals surface area contributed by atoms with E-state index in [0.717, 1.165) is 16.4 Å². The zero-order chi connectivity index (χ0) is 13.1. The van der Waals surface area contributed by atoms with Crippen LogP contribution in [0.3, 0.4) is 0 Å². The first-order valence-corrected chi connectivity index (χ1v) is 6.11. The Labute approximate surface area is 112 Å². The number of thiol groups is 1. The van der Waals surface area contributed by atoms with Gasteiger partial charge in [-0.05, 0) is 43.3 Å². The lowest BCUT2D eigenvalue weighted by Gasteiger charge is -2.15. The molecule has 3 nitrogen and oxygen atoms in total. The van der Waals surface area contributed by atoms with Crippen LogP contribution in [0.25, 0.3) is 0 Å². The monoisotopic (exact) mass is 261 g/mol. The lowest BCUT2D eigenvalue weighted by Crippen LogP contribution is -2.25. The molecule has 1 heterocycles. The molecule has 2 rings (SSSR count). The van der Waals surface area contributed by atoms with E-state index >= 15 is 0 Å². The van der Waals surface area contributed by atoms with Gasteiger partial charge in [-0.15, -0.1) is 12.6 Å². The summed E-state index contributed by atoms with van der Waals surface area (Å²) in [6.45, 7) is 2.35. The van der Waals surface area contributed by atoms with Gasteiger partial charge in [-0.1, -0.05) is 0 Å². The summed E-state index contributed by atoms with van der Waals surface area (Å²) in [5, 5.41) is 0. The maximum atomic E-state index is 12.1. The maximum Gasteiger partial charge on any atom is 0.254 e. The fraction of sp³-hybridized carbons (Fsp3) is 0.214. The van der Waals surface area contributed by atoms with Crippen LogP contribution in [0, 0.1) is 6.92 Å². The van der Waals surface area contributed by atoms with Crippen LogP contribution < -0.4 is 0 Å². The smallest absolute Gasteiger partial charge is 0.254 e. The summed E-state index contributed by atoms with van der Waals surface area (Å²) in [5.41, 5.74) is 0.651. The Morgan fingerprint density at radius 1 is 1.22 bits per heavy atom. The minimum absolute atomic E-state index is 0.0302. The minimum atomic E-state index is -0.0302. The second-order valence-corrected chi connectivity index (χ2v) is 4.74. The van der Waals surface area contributed by atoms with Gasteiger partial charge < -0.3 is 9.32 Å². The predicted molar refractivity (Wildman–Crippen MR) is 72.9 cm³/mol. The van der Waals surface area contributed by atoms with Crippen molar-refractivity contribution < 1.29 is 9.21 Å². The molecule has 0 N–H and O–H groups in total. The molecular formula is C14H15NO2S. The molecule has 2 aromatic rings. The van der Waals surface area contributed by atoms with E-state index in [1.54, 1.807) is 36.2 Å². The predicted octanol–water partition coefficient (Wildman–Crippen LogP) is 3.15. The molecule has 0 spiro atoms. The Morgan fingerprint density at radius 3 is 2.44 bits per heavy atom. The zero-order valence-electron chi connectivity index (χ0n) is 10.4. The molecule has 18 heavy (non-hydrogen) atoms. The summed E-state index contributed by atoms with van der Waals surface area (Å²) in [6.07, 6.45) is 0. The van der Waals surface area contributed by atoms with Gasteiger partial charge in [0.15, 0.2) is 0 Å². The van der Waals surface area contributed by atoms with E-state index in [4.69, 9.17) is 4.42 Å². The fourth-order valence-corrected chi connectivity index (χ4v) is 1.85. The van der Waals surface area contributed by atoms with Crippen molar-refractivity contribution in [2.24, 2.45) is 0 Å². The van der Waals surface area contributed by atoms with Gasteiger partial charge in [0, 0.05) is 17.5 Å². The van der Waals surface area contributed by atoms with E-state index in [9.17, 15) is 4.79 Å². The lowest BCUT2D eigenvalue weighted by molar-refractivity contribution is 0.0775. The minimum Gasteiger partial charge on any atom is -0.464 e. The molecule has 0 radical (unpaired) electrons. The van der Waals surface area contributed by atoms with Crippen molar-refractivity contribution in [3.05, 3.63) is 53.5 Å². The Hall–Kier alpha value is -1.68. The average molecular weight is 261 g/mol. The highest BCUT2D eigenvalue weighted by Crippen LogP contribution is 2.13. The van der Waals surface area contributed by atoms with E-state index in [2.05, 4.69) is 12.6 Å².